The quantitative estimate of drug-likeness (QED) is 0.838. The zero-order chi connectivity index (χ0) is 11.5. The molecular weight excluding hydrogens is 198 g/mol. The molecule has 0 bridgehead atoms. The highest BCUT2D eigenvalue weighted by Crippen LogP contribution is 2.21. The molecule has 16 heavy (non-hydrogen) atoms. The van der Waals surface area contributed by atoms with Crippen LogP contribution >= 0.6 is 0 Å². The van der Waals surface area contributed by atoms with Crippen molar-refractivity contribution < 1.29 is 0 Å². The van der Waals surface area contributed by atoms with Crippen molar-refractivity contribution in [3.63, 3.8) is 0 Å². The van der Waals surface area contributed by atoms with Crippen LogP contribution in [0, 0.1) is 0 Å². The van der Waals surface area contributed by atoms with E-state index in [1.807, 2.05) is 0 Å². The van der Waals surface area contributed by atoms with Crippen LogP contribution in [0.25, 0.3) is 0 Å². The van der Waals surface area contributed by atoms with Crippen molar-refractivity contribution in [3.8, 4) is 0 Å². The lowest BCUT2D eigenvalue weighted by Gasteiger charge is -2.20. The van der Waals surface area contributed by atoms with E-state index in [4.69, 9.17) is 0 Å². The molecule has 0 fully saturated rings. The molecule has 1 aromatic heterocycles. The van der Waals surface area contributed by atoms with Gasteiger partial charge in [-0.2, -0.15) is 0 Å². The van der Waals surface area contributed by atoms with E-state index >= 15 is 0 Å². The van der Waals surface area contributed by atoms with Gasteiger partial charge >= 0.3 is 0 Å². The van der Waals surface area contributed by atoms with Crippen molar-refractivity contribution in [1.82, 2.24) is 9.88 Å². The number of fused-ring (bicyclic) bond motifs is 1. The van der Waals surface area contributed by atoms with Gasteiger partial charge in [0.1, 0.15) is 5.82 Å². The largest absolute Gasteiger partial charge is 0.369 e. The standard InChI is InChI=1S/C13H21N3/c1-10(16(2)3)9-14-13-8-7-11-5-4-6-12(11)15-13/h7-8,10H,4-6,9H2,1-3H3,(H,14,15). The fourth-order valence-corrected chi connectivity index (χ4v) is 1.95. The number of aryl methyl sites for hydroxylation is 2. The molecule has 2 rings (SSSR count). The Hall–Kier alpha value is -1.09. The Morgan fingerprint density at radius 1 is 1.38 bits per heavy atom. The topological polar surface area (TPSA) is 28.2 Å². The molecule has 88 valence electrons. The minimum absolute atomic E-state index is 0.523. The summed E-state index contributed by atoms with van der Waals surface area (Å²) in [5.41, 5.74) is 2.73. The van der Waals surface area contributed by atoms with Gasteiger partial charge in [0, 0.05) is 18.3 Å². The molecule has 3 nitrogen and oxygen atoms in total. The maximum Gasteiger partial charge on any atom is 0.126 e. The summed E-state index contributed by atoms with van der Waals surface area (Å²) in [7, 11) is 4.20. The first-order valence-electron chi connectivity index (χ1n) is 6.06. The summed E-state index contributed by atoms with van der Waals surface area (Å²) in [6, 6.07) is 4.85. The van der Waals surface area contributed by atoms with E-state index in [2.05, 4.69) is 48.4 Å². The Kier molecular flexibility index (Phi) is 3.44. The number of aromatic nitrogens is 1. The van der Waals surface area contributed by atoms with Gasteiger partial charge in [0.2, 0.25) is 0 Å². The molecule has 0 aromatic carbocycles. The zero-order valence-corrected chi connectivity index (χ0v) is 10.5. The number of pyridine rings is 1. The lowest BCUT2D eigenvalue weighted by atomic mass is 10.2. The third-order valence-corrected chi connectivity index (χ3v) is 3.39. The molecule has 0 amide bonds. The SMILES string of the molecule is CC(CNc1ccc2c(n1)CCC2)N(C)C. The zero-order valence-electron chi connectivity index (χ0n) is 10.5. The summed E-state index contributed by atoms with van der Waals surface area (Å²) in [5, 5.41) is 3.40. The normalized spacial score (nSPS) is 16.2. The van der Waals surface area contributed by atoms with Gasteiger partial charge in [-0.25, -0.2) is 4.98 Å². The van der Waals surface area contributed by atoms with Crippen LogP contribution in [0.15, 0.2) is 12.1 Å². The second-order valence-corrected chi connectivity index (χ2v) is 4.85. The average Bonchev–Trinajstić information content (AvgIpc) is 2.72. The lowest BCUT2D eigenvalue weighted by Crippen LogP contribution is -2.31. The van der Waals surface area contributed by atoms with Gasteiger partial charge in [-0.05, 0) is 51.9 Å². The van der Waals surface area contributed by atoms with Crippen molar-refractivity contribution in [2.45, 2.75) is 32.2 Å². The monoisotopic (exact) mass is 219 g/mol. The number of anilines is 1. The molecule has 0 spiro atoms. The average molecular weight is 219 g/mol. The van der Waals surface area contributed by atoms with Gasteiger partial charge in [-0.3, -0.25) is 0 Å². The predicted octanol–water partition coefficient (Wildman–Crippen LogP) is 1.93. The van der Waals surface area contributed by atoms with Gasteiger partial charge in [0.25, 0.3) is 0 Å². The molecule has 1 aliphatic rings. The lowest BCUT2D eigenvalue weighted by molar-refractivity contribution is 0.326. The van der Waals surface area contributed by atoms with Gasteiger partial charge in [0.05, 0.1) is 0 Å². The molecule has 3 heteroatoms. The molecule has 1 aromatic rings. The highest BCUT2D eigenvalue weighted by molar-refractivity contribution is 5.40. The maximum atomic E-state index is 4.65. The molecule has 1 unspecified atom stereocenters. The number of likely N-dealkylation sites (N-methyl/N-ethyl adjacent to an activating group) is 1. The van der Waals surface area contributed by atoms with E-state index in [-0.39, 0.29) is 0 Å². The van der Waals surface area contributed by atoms with Gasteiger partial charge in [0.15, 0.2) is 0 Å². The Morgan fingerprint density at radius 3 is 2.94 bits per heavy atom. The van der Waals surface area contributed by atoms with Crippen LogP contribution in [0.4, 0.5) is 5.82 Å². The molecule has 1 N–H and O–H groups in total. The summed E-state index contributed by atoms with van der Waals surface area (Å²) < 4.78 is 0. The van der Waals surface area contributed by atoms with Crippen LogP contribution in [-0.2, 0) is 12.8 Å². The third kappa shape index (κ3) is 2.53. The minimum atomic E-state index is 0.523. The van der Waals surface area contributed by atoms with Crippen molar-refractivity contribution in [2.75, 3.05) is 26.0 Å². The minimum Gasteiger partial charge on any atom is -0.369 e. The van der Waals surface area contributed by atoms with E-state index in [0.29, 0.717) is 6.04 Å². The Balaban J connectivity index is 1.95. The van der Waals surface area contributed by atoms with Crippen molar-refractivity contribution in [2.24, 2.45) is 0 Å². The predicted molar refractivity (Wildman–Crippen MR) is 67.9 cm³/mol. The molecule has 0 saturated heterocycles. The van der Waals surface area contributed by atoms with E-state index in [0.717, 1.165) is 18.8 Å². The number of nitrogens with one attached hydrogen (secondary N) is 1. The smallest absolute Gasteiger partial charge is 0.126 e. The van der Waals surface area contributed by atoms with Gasteiger partial charge in [-0.15, -0.1) is 0 Å². The summed E-state index contributed by atoms with van der Waals surface area (Å²) in [5.74, 6) is 1.02. The van der Waals surface area contributed by atoms with Crippen LogP contribution in [0.5, 0.6) is 0 Å². The van der Waals surface area contributed by atoms with E-state index in [1.54, 1.807) is 0 Å². The van der Waals surface area contributed by atoms with Crippen LogP contribution in [0.2, 0.25) is 0 Å². The summed E-state index contributed by atoms with van der Waals surface area (Å²) in [4.78, 5) is 6.86. The van der Waals surface area contributed by atoms with Crippen molar-refractivity contribution in [1.29, 1.82) is 0 Å². The number of rotatable bonds is 4. The number of hydrogen-bond acceptors (Lipinski definition) is 3. The Morgan fingerprint density at radius 2 is 2.19 bits per heavy atom. The van der Waals surface area contributed by atoms with Crippen LogP contribution in [0.1, 0.15) is 24.6 Å². The second kappa shape index (κ2) is 4.83. The fourth-order valence-electron chi connectivity index (χ4n) is 1.95. The third-order valence-electron chi connectivity index (χ3n) is 3.39. The van der Waals surface area contributed by atoms with E-state index in [9.17, 15) is 0 Å². The van der Waals surface area contributed by atoms with E-state index in [1.165, 1.54) is 24.1 Å². The summed E-state index contributed by atoms with van der Waals surface area (Å²) in [6.07, 6.45) is 3.62. The van der Waals surface area contributed by atoms with Gasteiger partial charge < -0.3 is 10.2 Å². The molecule has 1 atom stereocenters. The van der Waals surface area contributed by atoms with Crippen molar-refractivity contribution >= 4 is 5.82 Å². The molecule has 1 heterocycles. The first kappa shape index (κ1) is 11.4. The van der Waals surface area contributed by atoms with Crippen LogP contribution < -0.4 is 5.32 Å². The highest BCUT2D eigenvalue weighted by atomic mass is 15.1. The Labute approximate surface area is 97.9 Å². The van der Waals surface area contributed by atoms with Crippen molar-refractivity contribution in [3.05, 3.63) is 23.4 Å². The first-order chi connectivity index (χ1) is 7.66. The van der Waals surface area contributed by atoms with Crippen LogP contribution in [0.3, 0.4) is 0 Å². The fraction of sp³-hybridized carbons (Fsp3) is 0.615. The maximum absolute atomic E-state index is 4.65. The first-order valence-corrected chi connectivity index (χ1v) is 6.06. The number of hydrogen-bond donors (Lipinski definition) is 1. The van der Waals surface area contributed by atoms with E-state index < -0.39 is 0 Å². The molecule has 1 aliphatic carbocycles. The summed E-state index contributed by atoms with van der Waals surface area (Å²) in [6.45, 7) is 3.15. The summed E-state index contributed by atoms with van der Waals surface area (Å²) >= 11 is 0. The molecular formula is C13H21N3. The Bertz CT molecular complexity index is 360. The van der Waals surface area contributed by atoms with Crippen LogP contribution in [-0.4, -0.2) is 36.6 Å². The molecule has 0 aliphatic heterocycles. The molecule has 0 saturated carbocycles. The second-order valence-electron chi connectivity index (χ2n) is 4.85. The number of nitrogens with zero attached hydrogens (tertiary/aromatic N) is 2. The molecule has 0 radical (unpaired) electrons. The van der Waals surface area contributed by atoms with Gasteiger partial charge in [-0.1, -0.05) is 6.07 Å². The highest BCUT2D eigenvalue weighted by Gasteiger charge is 2.12.